The largest absolute Gasteiger partial charge is 0.397 e. The summed E-state index contributed by atoms with van der Waals surface area (Å²) < 4.78 is 32.3. The van der Waals surface area contributed by atoms with Crippen LogP contribution in [0, 0.1) is 13.8 Å². The Morgan fingerprint density at radius 1 is 1.40 bits per heavy atom. The highest BCUT2D eigenvalue weighted by atomic mass is 32.2. The van der Waals surface area contributed by atoms with Crippen LogP contribution in [-0.2, 0) is 14.8 Å². The van der Waals surface area contributed by atoms with Crippen LogP contribution < -0.4 is 10.5 Å². The van der Waals surface area contributed by atoms with Gasteiger partial charge in [0.15, 0.2) is 0 Å². The molecule has 1 saturated heterocycles. The molecule has 1 aliphatic heterocycles. The van der Waals surface area contributed by atoms with Crippen LogP contribution in [0.1, 0.15) is 17.5 Å². The quantitative estimate of drug-likeness (QED) is 0.695. The summed E-state index contributed by atoms with van der Waals surface area (Å²) in [4.78, 5) is 0.0833. The van der Waals surface area contributed by atoms with Gasteiger partial charge in [0.05, 0.1) is 12.3 Å². The third kappa shape index (κ3) is 2.95. The molecule has 1 fully saturated rings. The van der Waals surface area contributed by atoms with Crippen molar-refractivity contribution in [2.45, 2.75) is 30.8 Å². The number of hydrogen-bond acceptors (Lipinski definition) is 5. The number of sulfonamides is 1. The van der Waals surface area contributed by atoms with Gasteiger partial charge in [-0.2, -0.15) is 0 Å². The molecule has 4 N–H and O–H groups in total. The Labute approximate surface area is 119 Å². The number of rotatable bonds is 4. The molecule has 0 spiro atoms. The van der Waals surface area contributed by atoms with Crippen molar-refractivity contribution in [3.8, 4) is 0 Å². The Morgan fingerprint density at radius 3 is 2.65 bits per heavy atom. The van der Waals surface area contributed by atoms with Crippen LogP contribution in [-0.4, -0.2) is 38.9 Å². The third-order valence-corrected chi connectivity index (χ3v) is 5.16. The summed E-state index contributed by atoms with van der Waals surface area (Å²) in [7, 11) is -3.76. The van der Waals surface area contributed by atoms with Crippen LogP contribution in [0.2, 0.25) is 0 Å². The van der Waals surface area contributed by atoms with E-state index in [1.807, 2.05) is 0 Å². The van der Waals surface area contributed by atoms with Crippen molar-refractivity contribution < 1.29 is 18.3 Å². The second kappa shape index (κ2) is 5.33. The summed E-state index contributed by atoms with van der Waals surface area (Å²) in [5.74, 6) is 0. The highest BCUT2D eigenvalue weighted by molar-refractivity contribution is 7.89. The summed E-state index contributed by atoms with van der Waals surface area (Å²) in [6.07, 6.45) is 0.414. The molecule has 20 heavy (non-hydrogen) atoms. The molecule has 6 nitrogen and oxygen atoms in total. The zero-order valence-corrected chi connectivity index (χ0v) is 12.5. The lowest BCUT2D eigenvalue weighted by Crippen LogP contribution is -2.43. The van der Waals surface area contributed by atoms with Gasteiger partial charge in [-0.05, 0) is 25.0 Å². The lowest BCUT2D eigenvalue weighted by molar-refractivity contribution is 0.0314. The highest BCUT2D eigenvalue weighted by Crippen LogP contribution is 2.26. The first-order valence-corrected chi connectivity index (χ1v) is 7.89. The minimum absolute atomic E-state index is 0.0812. The van der Waals surface area contributed by atoms with Crippen molar-refractivity contribution in [2.24, 2.45) is 0 Å². The summed E-state index contributed by atoms with van der Waals surface area (Å²) in [6.45, 7) is 3.94. The van der Waals surface area contributed by atoms with Gasteiger partial charge in [-0.25, -0.2) is 13.1 Å². The molecule has 1 aromatic carbocycles. The molecule has 1 heterocycles. The van der Waals surface area contributed by atoms with Gasteiger partial charge in [-0.15, -0.1) is 0 Å². The van der Waals surface area contributed by atoms with Gasteiger partial charge in [0, 0.05) is 19.6 Å². The van der Waals surface area contributed by atoms with Crippen molar-refractivity contribution in [2.75, 3.05) is 25.5 Å². The summed E-state index contributed by atoms with van der Waals surface area (Å²) in [5, 5.41) is 10.1. The molecule has 1 aliphatic rings. The van der Waals surface area contributed by atoms with Crippen LogP contribution >= 0.6 is 0 Å². The monoisotopic (exact) mass is 300 g/mol. The number of aliphatic hydroxyl groups is 1. The number of aryl methyl sites for hydroxylation is 2. The van der Waals surface area contributed by atoms with Gasteiger partial charge in [0.1, 0.15) is 10.5 Å². The average molecular weight is 300 g/mol. The molecule has 1 atom stereocenters. The molecule has 0 radical (unpaired) electrons. The molecule has 0 bridgehead atoms. The van der Waals surface area contributed by atoms with Crippen molar-refractivity contribution in [1.29, 1.82) is 0 Å². The van der Waals surface area contributed by atoms with Crippen LogP contribution in [0.3, 0.4) is 0 Å². The molecule has 0 saturated carbocycles. The Balaban J connectivity index is 2.25. The fourth-order valence-electron chi connectivity index (χ4n) is 2.20. The number of nitrogen functional groups attached to an aromatic ring is 1. The Kier molecular flexibility index (Phi) is 4.06. The Morgan fingerprint density at radius 2 is 2.05 bits per heavy atom. The number of ether oxygens (including phenoxy) is 1. The number of hydrogen-bond donors (Lipinski definition) is 3. The lowest BCUT2D eigenvalue weighted by Gasteiger charge is -2.21. The van der Waals surface area contributed by atoms with Gasteiger partial charge in [0.2, 0.25) is 10.0 Å². The average Bonchev–Trinajstić information content (AvgIpc) is 2.80. The first-order chi connectivity index (χ1) is 9.25. The van der Waals surface area contributed by atoms with E-state index in [1.54, 1.807) is 26.0 Å². The molecule has 0 aromatic heterocycles. The van der Waals surface area contributed by atoms with E-state index in [2.05, 4.69) is 4.72 Å². The van der Waals surface area contributed by atoms with Crippen molar-refractivity contribution in [3.63, 3.8) is 0 Å². The fraction of sp³-hybridized carbons (Fsp3) is 0.538. The van der Waals surface area contributed by atoms with E-state index in [9.17, 15) is 13.5 Å². The predicted molar refractivity (Wildman–Crippen MR) is 75.9 cm³/mol. The summed E-state index contributed by atoms with van der Waals surface area (Å²) in [6, 6.07) is 3.50. The zero-order chi connectivity index (χ0) is 15.0. The second-order valence-corrected chi connectivity index (χ2v) is 7.00. The molecular formula is C13H20N2O4S. The standard InChI is InChI=1S/C13H20N2O4S/c1-9-3-4-10(2)12(11(9)14)20(17,18)15-7-13(16)5-6-19-8-13/h3-4,15-16H,5-8,14H2,1-2H3. The normalized spacial score (nSPS) is 23.1. The highest BCUT2D eigenvalue weighted by Gasteiger charge is 2.34. The third-order valence-electron chi connectivity index (χ3n) is 3.55. The van der Waals surface area contributed by atoms with Crippen molar-refractivity contribution >= 4 is 15.7 Å². The van der Waals surface area contributed by atoms with Gasteiger partial charge >= 0.3 is 0 Å². The van der Waals surface area contributed by atoms with E-state index >= 15 is 0 Å². The maximum absolute atomic E-state index is 12.4. The smallest absolute Gasteiger partial charge is 0.242 e. The Hall–Kier alpha value is -1.15. The van der Waals surface area contributed by atoms with Gasteiger partial charge in [0.25, 0.3) is 0 Å². The van der Waals surface area contributed by atoms with E-state index in [4.69, 9.17) is 10.5 Å². The van der Waals surface area contributed by atoms with E-state index < -0.39 is 15.6 Å². The number of nitrogens with two attached hydrogens (primary N) is 1. The molecule has 0 amide bonds. The Bertz CT molecular complexity index is 607. The molecular weight excluding hydrogens is 280 g/mol. The molecule has 1 aromatic rings. The number of anilines is 1. The van der Waals surface area contributed by atoms with Crippen LogP contribution in [0.5, 0.6) is 0 Å². The predicted octanol–water partition coefficient (Wildman–Crippen LogP) is 0.315. The van der Waals surface area contributed by atoms with Gasteiger partial charge < -0.3 is 15.6 Å². The van der Waals surface area contributed by atoms with Gasteiger partial charge in [-0.3, -0.25) is 0 Å². The first kappa shape index (κ1) is 15.2. The topological polar surface area (TPSA) is 102 Å². The van der Waals surface area contributed by atoms with E-state index in [-0.39, 0.29) is 23.7 Å². The van der Waals surface area contributed by atoms with Crippen molar-refractivity contribution in [1.82, 2.24) is 4.72 Å². The minimum Gasteiger partial charge on any atom is -0.397 e. The first-order valence-electron chi connectivity index (χ1n) is 6.41. The molecule has 0 aliphatic carbocycles. The van der Waals surface area contributed by atoms with Crippen LogP contribution in [0.4, 0.5) is 5.69 Å². The molecule has 7 heteroatoms. The second-order valence-electron chi connectivity index (χ2n) is 5.29. The van der Waals surface area contributed by atoms with Crippen LogP contribution in [0.15, 0.2) is 17.0 Å². The summed E-state index contributed by atoms with van der Waals surface area (Å²) >= 11 is 0. The van der Waals surface area contributed by atoms with Gasteiger partial charge in [-0.1, -0.05) is 12.1 Å². The molecule has 2 rings (SSSR count). The maximum Gasteiger partial charge on any atom is 0.242 e. The number of benzene rings is 1. The minimum atomic E-state index is -3.76. The SMILES string of the molecule is Cc1ccc(C)c(S(=O)(=O)NCC2(O)CCOC2)c1N. The fourth-order valence-corrected chi connectivity index (χ4v) is 3.75. The molecule has 1 unspecified atom stereocenters. The molecule has 112 valence electrons. The van der Waals surface area contributed by atoms with E-state index in [0.717, 1.165) is 0 Å². The van der Waals surface area contributed by atoms with Crippen LogP contribution in [0.25, 0.3) is 0 Å². The summed E-state index contributed by atoms with van der Waals surface area (Å²) in [5.41, 5.74) is 6.27. The zero-order valence-electron chi connectivity index (χ0n) is 11.6. The lowest BCUT2D eigenvalue weighted by atomic mass is 10.1. The van der Waals surface area contributed by atoms with E-state index in [0.29, 0.717) is 24.2 Å². The van der Waals surface area contributed by atoms with Crippen molar-refractivity contribution in [3.05, 3.63) is 23.3 Å². The van der Waals surface area contributed by atoms with E-state index in [1.165, 1.54) is 0 Å². The maximum atomic E-state index is 12.4. The number of nitrogens with one attached hydrogen (secondary N) is 1.